The van der Waals surface area contributed by atoms with Crippen molar-refractivity contribution in [1.82, 2.24) is 4.90 Å². The summed E-state index contributed by atoms with van der Waals surface area (Å²) in [6.07, 6.45) is 1.06. The normalized spacial score (nSPS) is 28.0. The number of nitrogens with zero attached hydrogens (tertiary/aromatic N) is 2. The molecule has 43 heavy (non-hydrogen) atoms. The van der Waals surface area contributed by atoms with Crippen molar-refractivity contribution in [1.29, 1.82) is 0 Å². The average molecular weight is 674 g/mol. The Bertz CT molecular complexity index is 1320. The van der Waals surface area contributed by atoms with Crippen molar-refractivity contribution in [3.05, 3.63) is 48.5 Å². The lowest BCUT2D eigenvalue weighted by Crippen LogP contribution is -2.55. The first-order chi connectivity index (χ1) is 20.7. The molecule has 5 rings (SSSR count). The number of carbonyl (C=O) groups excluding carboxylic acids is 3. The number of aliphatic hydroxyl groups excluding tert-OH is 1. The number of ether oxygens (including phenoxy) is 1. The molecule has 232 valence electrons. The summed E-state index contributed by atoms with van der Waals surface area (Å²) in [5.41, 5.74) is 2.33. The van der Waals surface area contributed by atoms with Crippen LogP contribution < -0.4 is 20.3 Å². The maximum absolute atomic E-state index is 14.3. The molecule has 3 saturated heterocycles. The summed E-state index contributed by atoms with van der Waals surface area (Å²) in [5.74, 6) is -1.37. The number of likely N-dealkylation sites (tertiary alicyclic amines) is 1. The molecule has 3 heterocycles. The Morgan fingerprint density at radius 2 is 1.65 bits per heavy atom. The Labute approximate surface area is 266 Å². The molecule has 7 atom stereocenters. The SMILES string of the molecule is CCOc1ccc(NC(=O)[C@H]2[C@H]3C(=O)N([C@@H](CC)CO)C(C(=O)Nc4ccc(N(CC)CC)cc4)C34CC(Br)[C@@H]2S4)cc1. The van der Waals surface area contributed by atoms with Crippen LogP contribution in [0.1, 0.15) is 40.5 Å². The van der Waals surface area contributed by atoms with E-state index in [1.54, 1.807) is 40.9 Å². The van der Waals surface area contributed by atoms with Gasteiger partial charge in [0.15, 0.2) is 0 Å². The third-order valence-electron chi connectivity index (χ3n) is 9.05. The molecule has 9 nitrogen and oxygen atoms in total. The number of hydrogen-bond donors (Lipinski definition) is 3. The summed E-state index contributed by atoms with van der Waals surface area (Å²) in [4.78, 5) is 46.1. The van der Waals surface area contributed by atoms with Gasteiger partial charge in [-0.25, -0.2) is 0 Å². The van der Waals surface area contributed by atoms with E-state index in [0.717, 1.165) is 18.8 Å². The van der Waals surface area contributed by atoms with Crippen LogP contribution in [0.25, 0.3) is 0 Å². The second-order valence-electron chi connectivity index (χ2n) is 11.3. The Kier molecular flexibility index (Phi) is 9.63. The maximum Gasteiger partial charge on any atom is 0.248 e. The van der Waals surface area contributed by atoms with Crippen molar-refractivity contribution in [2.24, 2.45) is 11.8 Å². The van der Waals surface area contributed by atoms with Crippen LogP contribution in [0.4, 0.5) is 17.1 Å². The maximum atomic E-state index is 14.3. The minimum Gasteiger partial charge on any atom is -0.494 e. The fraction of sp³-hybridized carbons (Fsp3) is 0.531. The molecule has 3 aliphatic rings. The summed E-state index contributed by atoms with van der Waals surface area (Å²) in [7, 11) is 0. The van der Waals surface area contributed by atoms with Gasteiger partial charge >= 0.3 is 0 Å². The van der Waals surface area contributed by atoms with Crippen molar-refractivity contribution < 1.29 is 24.2 Å². The molecular weight excluding hydrogens is 632 g/mol. The summed E-state index contributed by atoms with van der Waals surface area (Å²) in [5, 5.41) is 16.2. The minimum atomic E-state index is -0.831. The van der Waals surface area contributed by atoms with Crippen LogP contribution in [0, 0.1) is 11.8 Å². The molecule has 0 aromatic heterocycles. The molecule has 3 aliphatic heterocycles. The van der Waals surface area contributed by atoms with Crippen LogP contribution in [-0.2, 0) is 14.4 Å². The van der Waals surface area contributed by atoms with E-state index in [2.05, 4.69) is 45.3 Å². The Hall–Kier alpha value is -2.76. The van der Waals surface area contributed by atoms with Gasteiger partial charge in [0, 0.05) is 40.2 Å². The van der Waals surface area contributed by atoms with Gasteiger partial charge in [0.05, 0.1) is 35.8 Å². The molecular formula is C32H41BrN4O5S. The monoisotopic (exact) mass is 672 g/mol. The van der Waals surface area contributed by atoms with Gasteiger partial charge < -0.3 is 30.3 Å². The molecule has 0 aliphatic carbocycles. The minimum absolute atomic E-state index is 0.0459. The van der Waals surface area contributed by atoms with Gasteiger partial charge in [-0.1, -0.05) is 22.9 Å². The number of thioether (sulfide) groups is 1. The molecule has 3 amide bonds. The summed E-state index contributed by atoms with van der Waals surface area (Å²) in [6.45, 7) is 10.1. The highest BCUT2D eigenvalue weighted by Crippen LogP contribution is 2.68. The van der Waals surface area contributed by atoms with Crippen molar-refractivity contribution >= 4 is 62.5 Å². The Balaban J connectivity index is 1.44. The van der Waals surface area contributed by atoms with Crippen LogP contribution >= 0.6 is 27.7 Å². The third-order valence-corrected chi connectivity index (χ3v) is 12.3. The second-order valence-corrected chi connectivity index (χ2v) is 14.0. The summed E-state index contributed by atoms with van der Waals surface area (Å²) < 4.78 is 4.71. The number of carbonyl (C=O) groups is 3. The van der Waals surface area contributed by atoms with Gasteiger partial charge in [0.2, 0.25) is 17.7 Å². The van der Waals surface area contributed by atoms with Gasteiger partial charge in [-0.2, -0.15) is 0 Å². The molecule has 3 fully saturated rings. The number of amides is 3. The number of hydrogen-bond acceptors (Lipinski definition) is 7. The number of rotatable bonds is 12. The van der Waals surface area contributed by atoms with Crippen LogP contribution in [0.15, 0.2) is 48.5 Å². The lowest BCUT2D eigenvalue weighted by Gasteiger charge is -2.37. The van der Waals surface area contributed by atoms with Gasteiger partial charge in [-0.15, -0.1) is 11.8 Å². The highest BCUT2D eigenvalue weighted by Gasteiger charge is 2.76. The first-order valence-electron chi connectivity index (χ1n) is 15.2. The van der Waals surface area contributed by atoms with Crippen LogP contribution in [0.3, 0.4) is 0 Å². The fourth-order valence-corrected chi connectivity index (χ4v) is 10.7. The van der Waals surface area contributed by atoms with Crippen LogP contribution in [-0.4, -0.2) is 80.9 Å². The molecule has 2 aromatic carbocycles. The predicted octanol–water partition coefficient (Wildman–Crippen LogP) is 4.74. The van der Waals surface area contributed by atoms with Crippen molar-refractivity contribution in [2.75, 3.05) is 41.8 Å². The summed E-state index contributed by atoms with van der Waals surface area (Å²) >= 11 is 5.38. The molecule has 3 unspecified atom stereocenters. The number of nitrogens with one attached hydrogen (secondary N) is 2. The number of benzene rings is 2. The van der Waals surface area contributed by atoms with Crippen molar-refractivity contribution in [2.45, 2.75) is 67.4 Å². The van der Waals surface area contributed by atoms with Gasteiger partial charge in [0.25, 0.3) is 0 Å². The van der Waals surface area contributed by atoms with Crippen LogP contribution in [0.5, 0.6) is 5.75 Å². The number of fused-ring (bicyclic) bond motifs is 1. The zero-order valence-electron chi connectivity index (χ0n) is 25.1. The predicted molar refractivity (Wildman–Crippen MR) is 175 cm³/mol. The van der Waals surface area contributed by atoms with Crippen molar-refractivity contribution in [3.8, 4) is 5.75 Å². The molecule has 3 N–H and O–H groups in total. The molecule has 0 saturated carbocycles. The number of aliphatic hydroxyl groups is 1. The zero-order chi connectivity index (χ0) is 30.9. The highest BCUT2D eigenvalue weighted by molar-refractivity contribution is 9.09. The molecule has 11 heteroatoms. The van der Waals surface area contributed by atoms with Crippen LogP contribution in [0.2, 0.25) is 0 Å². The standard InChI is InChI=1S/C32H41BrN4O5S/c1-5-21(18-38)37-28(30(40)35-19-9-13-22(14-10-19)36(6-2)7-3)32-17-24(33)27(43-32)25(26(32)31(37)41)29(39)34-20-11-15-23(16-12-20)42-8-4/h9-16,21,24-28,38H,5-8,17-18H2,1-4H3,(H,34,39)(H,35,40)/t21-,24?,25-,26-,27-,28?,32?/m0/s1. The van der Waals surface area contributed by atoms with E-state index in [0.29, 0.717) is 36.6 Å². The van der Waals surface area contributed by atoms with Crippen molar-refractivity contribution in [3.63, 3.8) is 0 Å². The lowest BCUT2D eigenvalue weighted by atomic mass is 9.70. The first kappa shape index (κ1) is 31.7. The van der Waals surface area contributed by atoms with E-state index >= 15 is 0 Å². The molecule has 2 aromatic rings. The fourth-order valence-electron chi connectivity index (χ4n) is 7.06. The molecule has 2 bridgehead atoms. The van der Waals surface area contributed by atoms with E-state index in [-0.39, 0.29) is 34.4 Å². The smallest absolute Gasteiger partial charge is 0.248 e. The third kappa shape index (κ3) is 5.64. The summed E-state index contributed by atoms with van der Waals surface area (Å²) in [6, 6.07) is 13.5. The lowest BCUT2D eigenvalue weighted by molar-refractivity contribution is -0.141. The topological polar surface area (TPSA) is 111 Å². The van der Waals surface area contributed by atoms with Gasteiger partial charge in [-0.05, 0) is 82.1 Å². The van der Waals surface area contributed by atoms with E-state index in [1.807, 2.05) is 38.1 Å². The molecule has 0 radical (unpaired) electrons. The number of alkyl halides is 1. The second kappa shape index (κ2) is 13.1. The largest absolute Gasteiger partial charge is 0.494 e. The van der Waals surface area contributed by atoms with E-state index in [9.17, 15) is 19.5 Å². The average Bonchev–Trinajstić information content (AvgIpc) is 3.60. The van der Waals surface area contributed by atoms with E-state index < -0.39 is 28.7 Å². The quantitative estimate of drug-likeness (QED) is 0.279. The van der Waals surface area contributed by atoms with Gasteiger partial charge in [0.1, 0.15) is 11.8 Å². The van der Waals surface area contributed by atoms with Gasteiger partial charge in [-0.3, -0.25) is 14.4 Å². The first-order valence-corrected chi connectivity index (χ1v) is 17.0. The van der Waals surface area contributed by atoms with E-state index in [1.165, 1.54) is 0 Å². The molecule has 1 spiro atoms. The Morgan fingerprint density at radius 1 is 1.05 bits per heavy atom. The number of halogens is 1. The van der Waals surface area contributed by atoms with E-state index in [4.69, 9.17) is 4.74 Å². The highest BCUT2D eigenvalue weighted by atomic mass is 79.9. The zero-order valence-corrected chi connectivity index (χ0v) is 27.5. The number of anilines is 3. The Morgan fingerprint density at radius 3 is 2.21 bits per heavy atom.